The Balaban J connectivity index is 3.07. The fraction of sp³-hybridized carbons (Fsp3) is 0.500. The van der Waals surface area contributed by atoms with Crippen molar-refractivity contribution in [3.8, 4) is 0 Å². The molecule has 2 heteroatoms. The molecule has 14 heavy (non-hydrogen) atoms. The summed E-state index contributed by atoms with van der Waals surface area (Å²) in [6.07, 6.45) is 0.994. The molecule has 0 N–H and O–H groups in total. The number of nitrogens with zero attached hydrogens (tertiary/aromatic N) is 1. The van der Waals surface area contributed by atoms with Gasteiger partial charge in [-0.1, -0.05) is 30.7 Å². The van der Waals surface area contributed by atoms with Crippen molar-refractivity contribution in [2.45, 2.75) is 27.2 Å². The maximum atomic E-state index is 6.32. The van der Waals surface area contributed by atoms with Crippen LogP contribution in [0.1, 0.15) is 26.3 Å². The summed E-state index contributed by atoms with van der Waals surface area (Å²) < 4.78 is 0. The molecule has 0 radical (unpaired) electrons. The molecule has 0 fully saturated rings. The zero-order chi connectivity index (χ0) is 10.6. The standard InChI is InChI=1S/C12H18ClN/c1-4-10-8-7-9-11(12(10)13)14(5-2)6-3/h7-9H,4-6H2,1-3H3. The van der Waals surface area contributed by atoms with Crippen molar-refractivity contribution in [2.75, 3.05) is 18.0 Å². The van der Waals surface area contributed by atoms with E-state index in [1.807, 2.05) is 0 Å². The highest BCUT2D eigenvalue weighted by atomic mass is 35.5. The second kappa shape index (κ2) is 5.26. The topological polar surface area (TPSA) is 3.24 Å². The Kier molecular flexibility index (Phi) is 4.27. The minimum Gasteiger partial charge on any atom is -0.371 e. The van der Waals surface area contributed by atoms with Crippen LogP contribution in [0.4, 0.5) is 5.69 Å². The van der Waals surface area contributed by atoms with Gasteiger partial charge in [-0.15, -0.1) is 0 Å². The van der Waals surface area contributed by atoms with Gasteiger partial charge in [0.25, 0.3) is 0 Å². The smallest absolute Gasteiger partial charge is 0.0671 e. The maximum absolute atomic E-state index is 6.32. The predicted molar refractivity (Wildman–Crippen MR) is 64.4 cm³/mol. The fourth-order valence-corrected chi connectivity index (χ4v) is 2.03. The molecular formula is C12H18ClN. The van der Waals surface area contributed by atoms with Gasteiger partial charge in [-0.25, -0.2) is 0 Å². The highest BCUT2D eigenvalue weighted by molar-refractivity contribution is 6.34. The van der Waals surface area contributed by atoms with Gasteiger partial charge in [0.1, 0.15) is 0 Å². The van der Waals surface area contributed by atoms with Gasteiger partial charge in [-0.05, 0) is 31.9 Å². The summed E-state index contributed by atoms with van der Waals surface area (Å²) in [6.45, 7) is 8.44. The van der Waals surface area contributed by atoms with Gasteiger partial charge in [0.05, 0.1) is 10.7 Å². The van der Waals surface area contributed by atoms with E-state index in [1.165, 1.54) is 5.56 Å². The molecule has 0 atom stereocenters. The van der Waals surface area contributed by atoms with Crippen LogP contribution in [-0.2, 0) is 6.42 Å². The van der Waals surface area contributed by atoms with E-state index in [1.54, 1.807) is 0 Å². The lowest BCUT2D eigenvalue weighted by atomic mass is 10.1. The fourth-order valence-electron chi connectivity index (χ4n) is 1.65. The maximum Gasteiger partial charge on any atom is 0.0671 e. The van der Waals surface area contributed by atoms with Crippen LogP contribution in [0, 0.1) is 0 Å². The Labute approximate surface area is 91.7 Å². The summed E-state index contributed by atoms with van der Waals surface area (Å²) in [5, 5.41) is 0.915. The molecular weight excluding hydrogens is 194 g/mol. The number of hydrogen-bond acceptors (Lipinski definition) is 1. The Morgan fingerprint density at radius 3 is 2.29 bits per heavy atom. The first-order valence-electron chi connectivity index (χ1n) is 5.26. The first-order chi connectivity index (χ1) is 6.74. The highest BCUT2D eigenvalue weighted by Crippen LogP contribution is 2.29. The predicted octanol–water partition coefficient (Wildman–Crippen LogP) is 3.75. The van der Waals surface area contributed by atoms with Crippen LogP contribution in [0.3, 0.4) is 0 Å². The van der Waals surface area contributed by atoms with Crippen molar-refractivity contribution < 1.29 is 0 Å². The third kappa shape index (κ3) is 2.21. The van der Waals surface area contributed by atoms with E-state index in [-0.39, 0.29) is 0 Å². The van der Waals surface area contributed by atoms with Crippen LogP contribution >= 0.6 is 11.6 Å². The summed E-state index contributed by atoms with van der Waals surface area (Å²) in [5.41, 5.74) is 2.40. The van der Waals surface area contributed by atoms with E-state index >= 15 is 0 Å². The second-order valence-electron chi connectivity index (χ2n) is 3.28. The number of anilines is 1. The van der Waals surface area contributed by atoms with Gasteiger partial charge in [-0.3, -0.25) is 0 Å². The number of rotatable bonds is 4. The van der Waals surface area contributed by atoms with Crippen molar-refractivity contribution in [1.29, 1.82) is 0 Å². The Morgan fingerprint density at radius 2 is 1.79 bits per heavy atom. The Morgan fingerprint density at radius 1 is 1.14 bits per heavy atom. The molecule has 0 aliphatic carbocycles. The minimum atomic E-state index is 0.915. The summed E-state index contributed by atoms with van der Waals surface area (Å²) in [5.74, 6) is 0. The molecule has 78 valence electrons. The average molecular weight is 212 g/mol. The lowest BCUT2D eigenvalue weighted by Gasteiger charge is -2.23. The molecule has 1 rings (SSSR count). The number of benzene rings is 1. The summed E-state index contributed by atoms with van der Waals surface area (Å²) in [7, 11) is 0. The first-order valence-corrected chi connectivity index (χ1v) is 5.64. The van der Waals surface area contributed by atoms with Crippen molar-refractivity contribution in [2.24, 2.45) is 0 Å². The third-order valence-corrected chi connectivity index (χ3v) is 2.98. The summed E-state index contributed by atoms with van der Waals surface area (Å²) in [4.78, 5) is 2.28. The lowest BCUT2D eigenvalue weighted by Crippen LogP contribution is -2.22. The molecule has 0 unspecified atom stereocenters. The second-order valence-corrected chi connectivity index (χ2v) is 3.65. The summed E-state index contributed by atoms with van der Waals surface area (Å²) in [6, 6.07) is 6.27. The Hall–Kier alpha value is -0.690. The van der Waals surface area contributed by atoms with Gasteiger partial charge in [-0.2, -0.15) is 0 Å². The van der Waals surface area contributed by atoms with Crippen LogP contribution in [0.2, 0.25) is 5.02 Å². The highest BCUT2D eigenvalue weighted by Gasteiger charge is 2.08. The molecule has 1 aromatic carbocycles. The van der Waals surface area contributed by atoms with E-state index in [2.05, 4.69) is 43.9 Å². The lowest BCUT2D eigenvalue weighted by molar-refractivity contribution is 0.864. The van der Waals surface area contributed by atoms with E-state index in [0.29, 0.717) is 0 Å². The largest absolute Gasteiger partial charge is 0.371 e. The third-order valence-electron chi connectivity index (χ3n) is 2.54. The van der Waals surface area contributed by atoms with Gasteiger partial charge in [0.15, 0.2) is 0 Å². The van der Waals surface area contributed by atoms with Crippen LogP contribution in [0.25, 0.3) is 0 Å². The van der Waals surface area contributed by atoms with E-state index in [0.717, 1.165) is 30.2 Å². The monoisotopic (exact) mass is 211 g/mol. The SMILES string of the molecule is CCc1cccc(N(CC)CC)c1Cl. The van der Waals surface area contributed by atoms with Crippen LogP contribution in [0.5, 0.6) is 0 Å². The van der Waals surface area contributed by atoms with Crippen molar-refractivity contribution in [3.05, 3.63) is 28.8 Å². The van der Waals surface area contributed by atoms with E-state index in [9.17, 15) is 0 Å². The number of halogens is 1. The van der Waals surface area contributed by atoms with Gasteiger partial charge >= 0.3 is 0 Å². The van der Waals surface area contributed by atoms with Crippen molar-refractivity contribution in [1.82, 2.24) is 0 Å². The molecule has 1 aromatic rings. The van der Waals surface area contributed by atoms with Crippen LogP contribution in [-0.4, -0.2) is 13.1 Å². The molecule has 1 nitrogen and oxygen atoms in total. The molecule has 0 heterocycles. The average Bonchev–Trinajstić information content (AvgIpc) is 2.22. The molecule has 0 aliphatic heterocycles. The first kappa shape index (κ1) is 11.4. The molecule has 0 bridgehead atoms. The van der Waals surface area contributed by atoms with Gasteiger partial charge in [0.2, 0.25) is 0 Å². The number of hydrogen-bond donors (Lipinski definition) is 0. The normalized spacial score (nSPS) is 10.3. The molecule has 0 aliphatic rings. The van der Waals surface area contributed by atoms with Gasteiger partial charge in [0, 0.05) is 13.1 Å². The molecule has 0 saturated heterocycles. The zero-order valence-corrected chi connectivity index (χ0v) is 9.93. The zero-order valence-electron chi connectivity index (χ0n) is 9.18. The van der Waals surface area contributed by atoms with E-state index in [4.69, 9.17) is 11.6 Å². The van der Waals surface area contributed by atoms with Crippen molar-refractivity contribution >= 4 is 17.3 Å². The molecule has 0 aromatic heterocycles. The number of aryl methyl sites for hydroxylation is 1. The molecule has 0 amide bonds. The Bertz CT molecular complexity index is 292. The van der Waals surface area contributed by atoms with Gasteiger partial charge < -0.3 is 4.90 Å². The molecule has 0 saturated carbocycles. The van der Waals surface area contributed by atoms with Crippen LogP contribution < -0.4 is 4.90 Å². The molecule has 0 spiro atoms. The summed E-state index contributed by atoms with van der Waals surface area (Å²) >= 11 is 6.32. The quantitative estimate of drug-likeness (QED) is 0.733. The van der Waals surface area contributed by atoms with E-state index < -0.39 is 0 Å². The van der Waals surface area contributed by atoms with Crippen molar-refractivity contribution in [3.63, 3.8) is 0 Å². The minimum absolute atomic E-state index is 0.915. The van der Waals surface area contributed by atoms with Crippen LogP contribution in [0.15, 0.2) is 18.2 Å².